The van der Waals surface area contributed by atoms with Crippen LogP contribution in [-0.2, 0) is 12.8 Å². The Balaban J connectivity index is 1.58. The molecule has 1 saturated carbocycles. The SMILES string of the molecule is COc1ccc2c(c1)CC(NCC1CC1(C)C)CC2. The summed E-state index contributed by atoms with van der Waals surface area (Å²) in [6.07, 6.45) is 5.01. The van der Waals surface area contributed by atoms with E-state index in [1.807, 2.05) is 0 Å². The average Bonchev–Trinajstić information content (AvgIpc) is 3.03. The second-order valence-electron chi connectivity index (χ2n) is 6.87. The van der Waals surface area contributed by atoms with Gasteiger partial charge in [0.05, 0.1) is 7.11 Å². The van der Waals surface area contributed by atoms with Crippen molar-refractivity contribution in [1.82, 2.24) is 5.32 Å². The topological polar surface area (TPSA) is 21.3 Å². The van der Waals surface area contributed by atoms with Crippen LogP contribution < -0.4 is 10.1 Å². The van der Waals surface area contributed by atoms with E-state index < -0.39 is 0 Å². The van der Waals surface area contributed by atoms with Crippen molar-refractivity contribution in [3.05, 3.63) is 29.3 Å². The van der Waals surface area contributed by atoms with E-state index >= 15 is 0 Å². The van der Waals surface area contributed by atoms with E-state index in [4.69, 9.17) is 4.74 Å². The summed E-state index contributed by atoms with van der Waals surface area (Å²) in [5.74, 6) is 1.88. The number of ether oxygens (including phenoxy) is 1. The summed E-state index contributed by atoms with van der Waals surface area (Å²) >= 11 is 0. The van der Waals surface area contributed by atoms with Crippen LogP contribution in [0.4, 0.5) is 0 Å². The molecule has 0 spiro atoms. The molecule has 2 atom stereocenters. The number of fused-ring (bicyclic) bond motifs is 1. The van der Waals surface area contributed by atoms with Crippen LogP contribution in [-0.4, -0.2) is 19.7 Å². The Bertz CT molecular complexity index is 466. The highest BCUT2D eigenvalue weighted by Crippen LogP contribution is 2.51. The molecule has 1 aromatic carbocycles. The molecule has 0 amide bonds. The molecule has 104 valence electrons. The number of benzene rings is 1. The van der Waals surface area contributed by atoms with Gasteiger partial charge in [0.25, 0.3) is 0 Å². The Morgan fingerprint density at radius 2 is 2.11 bits per heavy atom. The van der Waals surface area contributed by atoms with Crippen LogP contribution in [0.1, 0.15) is 37.8 Å². The zero-order valence-corrected chi connectivity index (χ0v) is 12.3. The maximum atomic E-state index is 5.33. The molecule has 0 heterocycles. The van der Waals surface area contributed by atoms with Gasteiger partial charge in [0.1, 0.15) is 5.75 Å². The quantitative estimate of drug-likeness (QED) is 0.896. The van der Waals surface area contributed by atoms with Crippen molar-refractivity contribution in [2.45, 2.75) is 45.6 Å². The van der Waals surface area contributed by atoms with Crippen LogP contribution in [0.3, 0.4) is 0 Å². The van der Waals surface area contributed by atoms with Gasteiger partial charge in [0.2, 0.25) is 0 Å². The molecule has 1 fully saturated rings. The lowest BCUT2D eigenvalue weighted by Crippen LogP contribution is -2.36. The summed E-state index contributed by atoms with van der Waals surface area (Å²) in [4.78, 5) is 0. The molecule has 1 N–H and O–H groups in total. The van der Waals surface area contributed by atoms with Gasteiger partial charge in [-0.1, -0.05) is 19.9 Å². The van der Waals surface area contributed by atoms with Gasteiger partial charge in [-0.2, -0.15) is 0 Å². The number of methoxy groups -OCH3 is 1. The second-order valence-corrected chi connectivity index (χ2v) is 6.87. The van der Waals surface area contributed by atoms with E-state index in [1.54, 1.807) is 7.11 Å². The van der Waals surface area contributed by atoms with Crippen LogP contribution in [0.25, 0.3) is 0 Å². The summed E-state index contributed by atoms with van der Waals surface area (Å²) in [6.45, 7) is 5.94. The fraction of sp³-hybridized carbons (Fsp3) is 0.647. The molecule has 2 aliphatic carbocycles. The zero-order chi connectivity index (χ0) is 13.5. The first-order valence-electron chi connectivity index (χ1n) is 7.47. The maximum absolute atomic E-state index is 5.33. The maximum Gasteiger partial charge on any atom is 0.119 e. The van der Waals surface area contributed by atoms with Crippen LogP contribution >= 0.6 is 0 Å². The predicted octanol–water partition coefficient (Wildman–Crippen LogP) is 3.19. The van der Waals surface area contributed by atoms with Crippen molar-refractivity contribution < 1.29 is 4.74 Å². The van der Waals surface area contributed by atoms with Crippen molar-refractivity contribution in [3.8, 4) is 5.75 Å². The first kappa shape index (κ1) is 13.0. The first-order chi connectivity index (χ1) is 9.08. The Kier molecular flexibility index (Phi) is 3.30. The van der Waals surface area contributed by atoms with Gasteiger partial charge >= 0.3 is 0 Å². The average molecular weight is 259 g/mol. The minimum Gasteiger partial charge on any atom is -0.497 e. The molecule has 0 aromatic heterocycles. The number of rotatable bonds is 4. The Morgan fingerprint density at radius 1 is 1.32 bits per heavy atom. The van der Waals surface area contributed by atoms with Gasteiger partial charge in [0.15, 0.2) is 0 Å². The third-order valence-corrected chi connectivity index (χ3v) is 5.01. The number of hydrogen-bond acceptors (Lipinski definition) is 2. The molecule has 0 bridgehead atoms. The third kappa shape index (κ3) is 2.79. The number of aryl methyl sites for hydroxylation is 1. The molecule has 3 rings (SSSR count). The molecule has 0 aliphatic heterocycles. The van der Waals surface area contributed by atoms with Gasteiger partial charge in [0, 0.05) is 6.04 Å². The van der Waals surface area contributed by atoms with E-state index in [-0.39, 0.29) is 0 Å². The normalized spacial score (nSPS) is 27.7. The van der Waals surface area contributed by atoms with Crippen LogP contribution in [0.15, 0.2) is 18.2 Å². The lowest BCUT2D eigenvalue weighted by atomic mass is 9.88. The first-order valence-corrected chi connectivity index (χ1v) is 7.47. The predicted molar refractivity (Wildman–Crippen MR) is 78.7 cm³/mol. The minimum absolute atomic E-state index is 0.586. The van der Waals surface area contributed by atoms with Crippen molar-refractivity contribution >= 4 is 0 Å². The lowest BCUT2D eigenvalue weighted by molar-refractivity contribution is 0.407. The summed E-state index contributed by atoms with van der Waals surface area (Å²) in [7, 11) is 1.75. The second kappa shape index (κ2) is 4.82. The Labute approximate surface area is 116 Å². The van der Waals surface area contributed by atoms with E-state index in [0.717, 1.165) is 18.1 Å². The highest BCUT2D eigenvalue weighted by Gasteiger charge is 2.45. The zero-order valence-electron chi connectivity index (χ0n) is 12.3. The molecule has 1 aromatic rings. The molecule has 0 saturated heterocycles. The standard InChI is InChI=1S/C17H25NO/c1-17(2)10-14(17)11-18-15-6-4-12-5-7-16(19-3)9-13(12)8-15/h5,7,9,14-15,18H,4,6,8,10-11H2,1-3H3. The molecule has 2 aliphatic rings. The summed E-state index contributed by atoms with van der Waals surface area (Å²) < 4.78 is 5.33. The molecular formula is C17H25NO. The van der Waals surface area contributed by atoms with Crippen molar-refractivity contribution in [3.63, 3.8) is 0 Å². The van der Waals surface area contributed by atoms with E-state index in [9.17, 15) is 0 Å². The monoisotopic (exact) mass is 259 g/mol. The van der Waals surface area contributed by atoms with Crippen LogP contribution in [0, 0.1) is 11.3 Å². The fourth-order valence-electron chi connectivity index (χ4n) is 3.27. The molecule has 2 unspecified atom stereocenters. The minimum atomic E-state index is 0.586. The van der Waals surface area contributed by atoms with Crippen molar-refractivity contribution in [2.24, 2.45) is 11.3 Å². The summed E-state index contributed by atoms with van der Waals surface area (Å²) in [6, 6.07) is 7.17. The van der Waals surface area contributed by atoms with Gasteiger partial charge in [-0.25, -0.2) is 0 Å². The molecule has 0 radical (unpaired) electrons. The van der Waals surface area contributed by atoms with Gasteiger partial charge in [-0.05, 0) is 66.8 Å². The smallest absolute Gasteiger partial charge is 0.119 e. The van der Waals surface area contributed by atoms with E-state index in [2.05, 4.69) is 37.4 Å². The molecular weight excluding hydrogens is 234 g/mol. The molecule has 2 nitrogen and oxygen atoms in total. The van der Waals surface area contributed by atoms with Crippen LogP contribution in [0.5, 0.6) is 5.75 Å². The highest BCUT2D eigenvalue weighted by molar-refractivity contribution is 5.37. The summed E-state index contributed by atoms with van der Waals surface area (Å²) in [5.41, 5.74) is 3.56. The Hall–Kier alpha value is -1.02. The highest BCUT2D eigenvalue weighted by atomic mass is 16.5. The van der Waals surface area contributed by atoms with Gasteiger partial charge < -0.3 is 10.1 Å². The Morgan fingerprint density at radius 3 is 2.79 bits per heavy atom. The van der Waals surface area contributed by atoms with Gasteiger partial charge in [-0.15, -0.1) is 0 Å². The van der Waals surface area contributed by atoms with Crippen molar-refractivity contribution in [1.29, 1.82) is 0 Å². The van der Waals surface area contributed by atoms with E-state index in [1.165, 1.54) is 36.9 Å². The van der Waals surface area contributed by atoms with Crippen LogP contribution in [0.2, 0.25) is 0 Å². The fourth-order valence-corrected chi connectivity index (χ4v) is 3.27. The van der Waals surface area contributed by atoms with Crippen molar-refractivity contribution in [2.75, 3.05) is 13.7 Å². The molecule has 2 heteroatoms. The largest absolute Gasteiger partial charge is 0.497 e. The summed E-state index contributed by atoms with van der Waals surface area (Å²) in [5, 5.41) is 3.78. The van der Waals surface area contributed by atoms with Gasteiger partial charge in [-0.3, -0.25) is 0 Å². The number of hydrogen-bond donors (Lipinski definition) is 1. The van der Waals surface area contributed by atoms with E-state index in [0.29, 0.717) is 11.5 Å². The number of nitrogens with one attached hydrogen (secondary N) is 1. The third-order valence-electron chi connectivity index (χ3n) is 5.01. The lowest BCUT2D eigenvalue weighted by Gasteiger charge is -2.26. The molecule has 19 heavy (non-hydrogen) atoms.